The number of aliphatic hydroxyl groups excluding tert-OH is 1. The molecule has 0 aliphatic carbocycles. The lowest BCUT2D eigenvalue weighted by molar-refractivity contribution is -0.132. The number of benzene rings is 3. The Labute approximate surface area is 225 Å². The maximum atomic E-state index is 13.5. The molecule has 1 fully saturated rings. The number of carbonyl (C=O) groups excluding carboxylic acids is 2. The molecule has 1 unspecified atom stereocenters. The monoisotopic (exact) mass is 537 g/mol. The van der Waals surface area contributed by atoms with Crippen LogP contribution in [0, 0.1) is 0 Å². The molecule has 8 nitrogen and oxygen atoms in total. The highest BCUT2D eigenvalue weighted by molar-refractivity contribution is 6.51. The highest BCUT2D eigenvalue weighted by Gasteiger charge is 2.47. The molecule has 1 aliphatic rings. The minimum absolute atomic E-state index is 0.0294. The average Bonchev–Trinajstić information content (AvgIpc) is 3.18. The summed E-state index contributed by atoms with van der Waals surface area (Å²) in [6.07, 6.45) is -0.0294. The Morgan fingerprint density at radius 3 is 2.18 bits per heavy atom. The summed E-state index contributed by atoms with van der Waals surface area (Å²) in [5, 5.41) is 11.8. The Balaban J connectivity index is 1.95. The van der Waals surface area contributed by atoms with E-state index in [4.69, 9.17) is 30.5 Å². The van der Waals surface area contributed by atoms with Crippen molar-refractivity contribution in [3.8, 4) is 23.0 Å². The van der Waals surface area contributed by atoms with E-state index in [1.165, 1.54) is 38.4 Å². The third-order valence-corrected chi connectivity index (χ3v) is 6.37. The smallest absolute Gasteiger partial charge is 0.300 e. The number of hydrogen-bond acceptors (Lipinski definition) is 7. The van der Waals surface area contributed by atoms with Gasteiger partial charge in [0.1, 0.15) is 28.8 Å². The van der Waals surface area contributed by atoms with Gasteiger partial charge in [-0.1, -0.05) is 23.7 Å². The van der Waals surface area contributed by atoms with Crippen molar-refractivity contribution < 1.29 is 33.6 Å². The third-order valence-electron chi connectivity index (χ3n) is 6.07. The summed E-state index contributed by atoms with van der Waals surface area (Å²) in [5.41, 5.74) is 1.05. The number of aliphatic hydroxyl groups is 1. The van der Waals surface area contributed by atoms with Gasteiger partial charge in [0.2, 0.25) is 0 Å². The van der Waals surface area contributed by atoms with Crippen LogP contribution >= 0.6 is 11.6 Å². The predicted octanol–water partition coefficient (Wildman–Crippen LogP) is 5.78. The fraction of sp³-hybridized carbons (Fsp3) is 0.241. The van der Waals surface area contributed by atoms with Crippen molar-refractivity contribution in [1.29, 1.82) is 0 Å². The number of carbonyl (C=O) groups is 2. The molecule has 0 radical (unpaired) electrons. The molecule has 0 bridgehead atoms. The number of methoxy groups -OCH3 is 3. The molecule has 1 heterocycles. The van der Waals surface area contributed by atoms with Crippen molar-refractivity contribution in [2.75, 3.05) is 26.2 Å². The van der Waals surface area contributed by atoms with Crippen LogP contribution in [0.15, 0.2) is 66.2 Å². The largest absolute Gasteiger partial charge is 0.507 e. The third kappa shape index (κ3) is 4.99. The van der Waals surface area contributed by atoms with Crippen molar-refractivity contribution in [3.05, 3.63) is 82.4 Å². The number of hydrogen-bond donors (Lipinski definition) is 1. The predicted molar refractivity (Wildman–Crippen MR) is 145 cm³/mol. The Morgan fingerprint density at radius 1 is 0.895 bits per heavy atom. The van der Waals surface area contributed by atoms with Crippen molar-refractivity contribution in [3.63, 3.8) is 0 Å². The van der Waals surface area contributed by atoms with Gasteiger partial charge in [0, 0.05) is 11.8 Å². The number of anilines is 1. The molecule has 0 spiro atoms. The maximum absolute atomic E-state index is 13.5. The van der Waals surface area contributed by atoms with Gasteiger partial charge in [0.05, 0.1) is 49.6 Å². The normalized spacial score (nSPS) is 16.6. The second-order valence-corrected chi connectivity index (χ2v) is 9.20. The van der Waals surface area contributed by atoms with Crippen molar-refractivity contribution in [2.45, 2.75) is 26.0 Å². The summed E-state index contributed by atoms with van der Waals surface area (Å²) in [5.74, 6) is -0.451. The highest BCUT2D eigenvalue weighted by atomic mass is 35.5. The minimum Gasteiger partial charge on any atom is -0.507 e. The number of ether oxygens (including phenoxy) is 4. The molecule has 3 aromatic rings. The molecule has 1 amide bonds. The van der Waals surface area contributed by atoms with Crippen LogP contribution in [0.1, 0.15) is 31.0 Å². The van der Waals surface area contributed by atoms with E-state index in [0.29, 0.717) is 22.7 Å². The van der Waals surface area contributed by atoms with Crippen LogP contribution in [0.5, 0.6) is 23.0 Å². The van der Waals surface area contributed by atoms with Crippen molar-refractivity contribution in [1.82, 2.24) is 0 Å². The van der Waals surface area contributed by atoms with Gasteiger partial charge >= 0.3 is 0 Å². The van der Waals surface area contributed by atoms with Gasteiger partial charge in [-0.05, 0) is 61.9 Å². The van der Waals surface area contributed by atoms with E-state index in [-0.39, 0.29) is 33.8 Å². The van der Waals surface area contributed by atoms with E-state index in [1.807, 2.05) is 13.8 Å². The van der Waals surface area contributed by atoms with Gasteiger partial charge in [0.25, 0.3) is 11.7 Å². The van der Waals surface area contributed by atoms with Gasteiger partial charge in [0.15, 0.2) is 0 Å². The molecule has 1 saturated heterocycles. The lowest BCUT2D eigenvalue weighted by Crippen LogP contribution is -2.29. The van der Waals surface area contributed by atoms with Crippen LogP contribution in [0.2, 0.25) is 5.02 Å². The van der Waals surface area contributed by atoms with Crippen LogP contribution in [-0.4, -0.2) is 44.2 Å². The first-order chi connectivity index (χ1) is 18.2. The van der Waals surface area contributed by atoms with Gasteiger partial charge < -0.3 is 24.1 Å². The van der Waals surface area contributed by atoms with Crippen LogP contribution in [-0.2, 0) is 9.59 Å². The zero-order valence-electron chi connectivity index (χ0n) is 21.7. The second kappa shape index (κ2) is 11.1. The first-order valence-corrected chi connectivity index (χ1v) is 12.2. The summed E-state index contributed by atoms with van der Waals surface area (Å²) in [6.45, 7) is 3.82. The SMILES string of the molecule is COc1cccc(C2/C(=C(\O)c3cc(OC)c(Cl)cc3OC)C(=O)C(=O)N2c2ccc(OC(C)C)cc2)c1. The lowest BCUT2D eigenvalue weighted by Gasteiger charge is -2.26. The van der Waals surface area contributed by atoms with Gasteiger partial charge in [-0.15, -0.1) is 0 Å². The number of Topliss-reactive ketones (excluding diaryl/α,β-unsaturated/α-hetero) is 1. The summed E-state index contributed by atoms with van der Waals surface area (Å²) in [7, 11) is 4.36. The molecule has 4 rings (SSSR count). The molecule has 0 saturated carbocycles. The van der Waals surface area contributed by atoms with E-state index >= 15 is 0 Å². The average molecular weight is 538 g/mol. The van der Waals surface area contributed by atoms with E-state index in [0.717, 1.165) is 0 Å². The highest BCUT2D eigenvalue weighted by Crippen LogP contribution is 2.45. The number of nitrogens with zero attached hydrogens (tertiary/aromatic N) is 1. The molecular weight excluding hydrogens is 510 g/mol. The summed E-state index contributed by atoms with van der Waals surface area (Å²) in [6, 6.07) is 15.8. The zero-order chi connectivity index (χ0) is 27.6. The number of amides is 1. The van der Waals surface area contributed by atoms with Gasteiger partial charge in [-0.25, -0.2) is 0 Å². The topological polar surface area (TPSA) is 94.5 Å². The molecular formula is C29H28ClNO7. The molecule has 1 atom stereocenters. The summed E-state index contributed by atoms with van der Waals surface area (Å²) >= 11 is 6.25. The zero-order valence-corrected chi connectivity index (χ0v) is 22.4. The maximum Gasteiger partial charge on any atom is 0.300 e. The molecule has 0 aromatic heterocycles. The second-order valence-electron chi connectivity index (χ2n) is 8.79. The van der Waals surface area contributed by atoms with Crippen molar-refractivity contribution in [2.24, 2.45) is 0 Å². The Bertz CT molecular complexity index is 1400. The van der Waals surface area contributed by atoms with Crippen LogP contribution in [0.25, 0.3) is 5.76 Å². The number of rotatable bonds is 8. The molecule has 198 valence electrons. The Morgan fingerprint density at radius 2 is 1.58 bits per heavy atom. The lowest BCUT2D eigenvalue weighted by atomic mass is 9.94. The fourth-order valence-corrected chi connectivity index (χ4v) is 4.60. The van der Waals surface area contributed by atoms with E-state index in [9.17, 15) is 14.7 Å². The van der Waals surface area contributed by atoms with E-state index in [2.05, 4.69) is 0 Å². The minimum atomic E-state index is -0.964. The fourth-order valence-electron chi connectivity index (χ4n) is 4.37. The summed E-state index contributed by atoms with van der Waals surface area (Å²) in [4.78, 5) is 28.3. The summed E-state index contributed by atoms with van der Waals surface area (Å²) < 4.78 is 21.8. The standard InChI is InChI=1S/C29H28ClNO7/c1-16(2)38-19-11-9-18(10-12-19)31-26(17-7-6-8-20(13-17)35-3)25(28(33)29(31)34)27(32)21-14-24(37-5)22(30)15-23(21)36-4/h6-16,26,32H,1-5H3/b27-25+. The number of ketones is 1. The Kier molecular flexibility index (Phi) is 7.83. The molecule has 1 aliphatic heterocycles. The number of halogens is 1. The first-order valence-electron chi connectivity index (χ1n) is 11.8. The van der Waals surface area contributed by atoms with Crippen LogP contribution in [0.3, 0.4) is 0 Å². The molecule has 1 N–H and O–H groups in total. The molecule has 3 aromatic carbocycles. The molecule has 9 heteroatoms. The van der Waals surface area contributed by atoms with Crippen molar-refractivity contribution >= 4 is 34.7 Å². The van der Waals surface area contributed by atoms with E-state index in [1.54, 1.807) is 48.5 Å². The van der Waals surface area contributed by atoms with E-state index < -0.39 is 23.5 Å². The van der Waals surface area contributed by atoms with Gasteiger partial charge in [-0.3, -0.25) is 14.5 Å². The van der Waals surface area contributed by atoms with Crippen LogP contribution in [0.4, 0.5) is 5.69 Å². The quantitative estimate of drug-likeness (QED) is 0.221. The Hall–Kier alpha value is -4.17. The first kappa shape index (κ1) is 26.9. The van der Waals surface area contributed by atoms with Gasteiger partial charge in [-0.2, -0.15) is 0 Å². The van der Waals surface area contributed by atoms with Crippen LogP contribution < -0.4 is 23.8 Å². The molecule has 38 heavy (non-hydrogen) atoms.